The summed E-state index contributed by atoms with van der Waals surface area (Å²) < 4.78 is 15.4. The van der Waals surface area contributed by atoms with Gasteiger partial charge in [0.2, 0.25) is 0 Å². The molecule has 1 fully saturated rings. The Morgan fingerprint density at radius 1 is 1.60 bits per heavy atom. The normalized spacial score (nSPS) is 28.4. The van der Waals surface area contributed by atoms with Crippen molar-refractivity contribution in [1.82, 2.24) is 5.32 Å². The molecule has 10 heavy (non-hydrogen) atoms. The van der Waals surface area contributed by atoms with E-state index in [2.05, 4.69) is 5.32 Å². The van der Waals surface area contributed by atoms with E-state index in [9.17, 15) is 4.57 Å². The lowest BCUT2D eigenvalue weighted by atomic mass is 10.5. The van der Waals surface area contributed by atoms with Gasteiger partial charge in [-0.25, -0.2) is 0 Å². The van der Waals surface area contributed by atoms with E-state index in [-0.39, 0.29) is 6.61 Å². The molecule has 1 unspecified atom stereocenters. The standard InChI is InChI=1S/C4H10NO4P/c6-10(7,8)4-3-9-2-1-5-4/h4-5H,1-3H2,(H2,6,7,8). The maximum Gasteiger partial charge on any atom is 0.344 e. The molecule has 0 radical (unpaired) electrons. The first kappa shape index (κ1) is 8.17. The number of hydrogen-bond donors (Lipinski definition) is 3. The van der Waals surface area contributed by atoms with Crippen LogP contribution in [-0.4, -0.2) is 35.3 Å². The van der Waals surface area contributed by atoms with Crippen molar-refractivity contribution in [3.63, 3.8) is 0 Å². The second kappa shape index (κ2) is 2.98. The predicted octanol–water partition coefficient (Wildman–Crippen LogP) is -0.890. The largest absolute Gasteiger partial charge is 0.378 e. The molecule has 6 heteroatoms. The minimum atomic E-state index is -3.98. The molecule has 1 rings (SSSR count). The Labute approximate surface area is 58.5 Å². The van der Waals surface area contributed by atoms with Crippen molar-refractivity contribution in [2.45, 2.75) is 5.78 Å². The van der Waals surface area contributed by atoms with E-state index in [4.69, 9.17) is 14.5 Å². The number of rotatable bonds is 1. The van der Waals surface area contributed by atoms with E-state index in [0.717, 1.165) is 0 Å². The summed E-state index contributed by atoms with van der Waals surface area (Å²) in [6, 6.07) is 0. The monoisotopic (exact) mass is 167 g/mol. The van der Waals surface area contributed by atoms with Gasteiger partial charge in [0.1, 0.15) is 5.78 Å². The minimum Gasteiger partial charge on any atom is -0.378 e. The molecular formula is C4H10NO4P. The zero-order valence-corrected chi connectivity index (χ0v) is 6.25. The second-order valence-corrected chi connectivity index (χ2v) is 3.94. The van der Waals surface area contributed by atoms with Crippen molar-refractivity contribution in [2.24, 2.45) is 0 Å². The molecule has 0 bridgehead atoms. The molecule has 60 valence electrons. The number of morpholine rings is 1. The Hall–Kier alpha value is 0.0700. The third-order valence-electron chi connectivity index (χ3n) is 1.31. The third kappa shape index (κ3) is 2.04. The van der Waals surface area contributed by atoms with Crippen molar-refractivity contribution >= 4 is 7.60 Å². The fourth-order valence-corrected chi connectivity index (χ4v) is 1.43. The average molecular weight is 167 g/mol. The van der Waals surface area contributed by atoms with Gasteiger partial charge in [-0.2, -0.15) is 0 Å². The fourth-order valence-electron chi connectivity index (χ4n) is 0.768. The molecule has 0 spiro atoms. The maximum atomic E-state index is 10.5. The average Bonchev–Trinajstić information content (AvgIpc) is 1.88. The van der Waals surface area contributed by atoms with Crippen LogP contribution in [0.15, 0.2) is 0 Å². The zero-order chi connectivity index (χ0) is 7.61. The van der Waals surface area contributed by atoms with E-state index < -0.39 is 13.4 Å². The fraction of sp³-hybridized carbons (Fsp3) is 1.00. The molecular weight excluding hydrogens is 157 g/mol. The van der Waals surface area contributed by atoms with Crippen LogP contribution in [0.25, 0.3) is 0 Å². The molecule has 0 aromatic carbocycles. The molecule has 0 aromatic heterocycles. The van der Waals surface area contributed by atoms with Crippen LogP contribution < -0.4 is 5.32 Å². The Kier molecular flexibility index (Phi) is 2.44. The summed E-state index contributed by atoms with van der Waals surface area (Å²) in [4.78, 5) is 17.2. The molecule has 1 aliphatic heterocycles. The summed E-state index contributed by atoms with van der Waals surface area (Å²) in [5.41, 5.74) is 0. The molecule has 3 N–H and O–H groups in total. The van der Waals surface area contributed by atoms with E-state index in [1.54, 1.807) is 0 Å². The summed E-state index contributed by atoms with van der Waals surface area (Å²) in [5, 5.41) is 2.67. The van der Waals surface area contributed by atoms with E-state index in [1.807, 2.05) is 0 Å². The van der Waals surface area contributed by atoms with Crippen LogP contribution in [0, 0.1) is 0 Å². The van der Waals surface area contributed by atoms with Gasteiger partial charge in [0, 0.05) is 6.54 Å². The number of hydrogen-bond acceptors (Lipinski definition) is 3. The summed E-state index contributed by atoms with van der Waals surface area (Å²) in [7, 11) is -3.98. The van der Waals surface area contributed by atoms with Crippen LogP contribution in [0.5, 0.6) is 0 Å². The molecule has 5 nitrogen and oxygen atoms in total. The summed E-state index contributed by atoms with van der Waals surface area (Å²) in [5.74, 6) is -0.804. The Bertz CT molecular complexity index is 149. The first-order valence-corrected chi connectivity index (χ1v) is 4.65. The van der Waals surface area contributed by atoms with Crippen molar-refractivity contribution in [1.29, 1.82) is 0 Å². The first-order valence-electron chi connectivity index (χ1n) is 2.97. The smallest absolute Gasteiger partial charge is 0.344 e. The van der Waals surface area contributed by atoms with Crippen LogP contribution in [-0.2, 0) is 9.30 Å². The highest BCUT2D eigenvalue weighted by atomic mass is 31.2. The lowest BCUT2D eigenvalue weighted by molar-refractivity contribution is 0.0903. The molecule has 0 amide bonds. The van der Waals surface area contributed by atoms with Gasteiger partial charge in [-0.3, -0.25) is 9.88 Å². The van der Waals surface area contributed by atoms with Gasteiger partial charge in [0.05, 0.1) is 13.2 Å². The molecule has 1 atom stereocenters. The quantitative estimate of drug-likeness (QED) is 0.441. The molecule has 0 saturated carbocycles. The number of ether oxygens (including phenoxy) is 1. The van der Waals surface area contributed by atoms with Crippen LogP contribution >= 0.6 is 7.60 Å². The molecule has 0 aliphatic carbocycles. The van der Waals surface area contributed by atoms with Crippen molar-refractivity contribution in [2.75, 3.05) is 19.8 Å². The lowest BCUT2D eigenvalue weighted by Crippen LogP contribution is -2.40. The SMILES string of the molecule is O=P(O)(O)C1COCCN1. The first-order chi connectivity index (χ1) is 4.61. The summed E-state index contributed by atoms with van der Waals surface area (Å²) in [6.45, 7) is 1.14. The minimum absolute atomic E-state index is 0.101. The van der Waals surface area contributed by atoms with Gasteiger partial charge >= 0.3 is 7.60 Å². The molecule has 0 aromatic rings. The Morgan fingerprint density at radius 3 is 2.60 bits per heavy atom. The third-order valence-corrected chi connectivity index (χ3v) is 2.45. The van der Waals surface area contributed by atoms with Crippen molar-refractivity contribution in [3.8, 4) is 0 Å². The zero-order valence-electron chi connectivity index (χ0n) is 5.36. The van der Waals surface area contributed by atoms with Crippen LogP contribution in [0.2, 0.25) is 0 Å². The van der Waals surface area contributed by atoms with Crippen LogP contribution in [0.4, 0.5) is 0 Å². The lowest BCUT2D eigenvalue weighted by Gasteiger charge is -2.23. The van der Waals surface area contributed by atoms with Gasteiger partial charge in [-0.15, -0.1) is 0 Å². The van der Waals surface area contributed by atoms with Gasteiger partial charge in [-0.1, -0.05) is 0 Å². The summed E-state index contributed by atoms with van der Waals surface area (Å²) >= 11 is 0. The van der Waals surface area contributed by atoms with Crippen LogP contribution in [0.3, 0.4) is 0 Å². The predicted molar refractivity (Wildman–Crippen MR) is 34.7 cm³/mol. The van der Waals surface area contributed by atoms with Crippen molar-refractivity contribution < 1.29 is 19.1 Å². The van der Waals surface area contributed by atoms with Gasteiger partial charge in [-0.05, 0) is 0 Å². The highest BCUT2D eigenvalue weighted by molar-refractivity contribution is 7.52. The topological polar surface area (TPSA) is 78.8 Å². The Morgan fingerprint density at radius 2 is 2.30 bits per heavy atom. The van der Waals surface area contributed by atoms with Gasteiger partial charge in [0.25, 0.3) is 0 Å². The van der Waals surface area contributed by atoms with Crippen LogP contribution in [0.1, 0.15) is 0 Å². The summed E-state index contributed by atoms with van der Waals surface area (Å²) in [6.07, 6.45) is 0. The second-order valence-electron chi connectivity index (χ2n) is 2.13. The van der Waals surface area contributed by atoms with E-state index in [0.29, 0.717) is 13.2 Å². The van der Waals surface area contributed by atoms with Gasteiger partial charge in [0.15, 0.2) is 0 Å². The maximum absolute atomic E-state index is 10.5. The van der Waals surface area contributed by atoms with Gasteiger partial charge < -0.3 is 14.5 Å². The molecule has 1 aliphatic rings. The van der Waals surface area contributed by atoms with Crippen molar-refractivity contribution in [3.05, 3.63) is 0 Å². The highest BCUT2D eigenvalue weighted by Crippen LogP contribution is 2.40. The van der Waals surface area contributed by atoms with E-state index >= 15 is 0 Å². The molecule has 1 heterocycles. The highest BCUT2D eigenvalue weighted by Gasteiger charge is 2.30. The number of nitrogens with one attached hydrogen (secondary N) is 1. The van der Waals surface area contributed by atoms with E-state index in [1.165, 1.54) is 0 Å². The molecule has 1 saturated heterocycles. The Balaban J connectivity index is 2.47.